The molecule has 0 aliphatic heterocycles. The number of hydrogen-bond acceptors (Lipinski definition) is 2. The van der Waals surface area contributed by atoms with E-state index in [1.54, 1.807) is 0 Å². The molecule has 2 heteroatoms. The monoisotopic (exact) mass is 232 g/mol. The topological polar surface area (TPSA) is 38.9 Å². The van der Waals surface area contributed by atoms with Crippen LogP contribution in [0.5, 0.6) is 0 Å². The lowest BCUT2D eigenvalue weighted by Gasteiger charge is -2.35. The van der Waals surface area contributed by atoms with Gasteiger partial charge in [-0.25, -0.2) is 0 Å². The molecule has 17 heavy (non-hydrogen) atoms. The third-order valence-corrected chi connectivity index (χ3v) is 4.21. The van der Waals surface area contributed by atoms with Gasteiger partial charge in [-0.2, -0.15) is 0 Å². The minimum Gasteiger partial charge on any atom is -0.327 e. The average Bonchev–Trinajstić information content (AvgIpc) is 2.40. The van der Waals surface area contributed by atoms with Crippen molar-refractivity contribution in [2.24, 2.45) is 17.6 Å². The first-order valence-electron chi connectivity index (χ1n) is 6.96. The second-order valence-corrected chi connectivity index (χ2v) is 5.31. The Labute approximate surface area is 105 Å². The van der Waals surface area contributed by atoms with Gasteiger partial charge in [0.05, 0.1) is 0 Å². The normalized spacial score (nSPS) is 26.7. The highest BCUT2D eigenvalue weighted by Crippen LogP contribution is 2.34. The van der Waals surface area contributed by atoms with Crippen LogP contribution in [-0.2, 0) is 6.42 Å². The fourth-order valence-electron chi connectivity index (χ4n) is 3.22. The van der Waals surface area contributed by atoms with Gasteiger partial charge in [0.25, 0.3) is 0 Å². The average molecular weight is 232 g/mol. The third-order valence-electron chi connectivity index (χ3n) is 4.21. The van der Waals surface area contributed by atoms with Crippen molar-refractivity contribution in [3.8, 4) is 0 Å². The molecule has 0 spiro atoms. The predicted molar refractivity (Wildman–Crippen MR) is 71.7 cm³/mol. The highest BCUT2D eigenvalue weighted by atomic mass is 14.7. The molecule has 94 valence electrons. The molecule has 0 amide bonds. The Morgan fingerprint density at radius 2 is 2.18 bits per heavy atom. The summed E-state index contributed by atoms with van der Waals surface area (Å²) in [6, 6.07) is 6.39. The van der Waals surface area contributed by atoms with Crippen molar-refractivity contribution in [1.29, 1.82) is 0 Å². The van der Waals surface area contributed by atoms with Crippen LogP contribution in [0.4, 0.5) is 0 Å². The molecule has 1 fully saturated rings. The fraction of sp³-hybridized carbons (Fsp3) is 0.667. The van der Waals surface area contributed by atoms with Gasteiger partial charge >= 0.3 is 0 Å². The number of rotatable bonds is 4. The molecule has 3 unspecified atom stereocenters. The zero-order chi connectivity index (χ0) is 12.1. The minimum absolute atomic E-state index is 0.287. The molecule has 1 aliphatic rings. The molecule has 1 heterocycles. The van der Waals surface area contributed by atoms with Gasteiger partial charge in [0.2, 0.25) is 0 Å². The maximum Gasteiger partial charge on any atom is 0.0419 e. The van der Waals surface area contributed by atoms with Gasteiger partial charge in [0.15, 0.2) is 0 Å². The molecular formula is C15H24N2. The molecule has 1 aliphatic carbocycles. The highest BCUT2D eigenvalue weighted by molar-refractivity contribution is 5.06. The summed E-state index contributed by atoms with van der Waals surface area (Å²) in [4.78, 5) is 4.38. The van der Waals surface area contributed by atoms with E-state index in [2.05, 4.69) is 18.0 Å². The summed E-state index contributed by atoms with van der Waals surface area (Å²) in [5.74, 6) is 1.54. The minimum atomic E-state index is 0.287. The van der Waals surface area contributed by atoms with Crippen molar-refractivity contribution in [2.75, 3.05) is 0 Å². The molecule has 0 radical (unpaired) electrons. The van der Waals surface area contributed by atoms with Crippen LogP contribution in [0.25, 0.3) is 0 Å². The van der Waals surface area contributed by atoms with Crippen molar-refractivity contribution < 1.29 is 0 Å². The van der Waals surface area contributed by atoms with Crippen molar-refractivity contribution in [3.05, 3.63) is 30.1 Å². The summed E-state index contributed by atoms with van der Waals surface area (Å²) >= 11 is 0. The van der Waals surface area contributed by atoms with Crippen molar-refractivity contribution in [3.63, 3.8) is 0 Å². The van der Waals surface area contributed by atoms with E-state index in [0.717, 1.165) is 18.0 Å². The van der Waals surface area contributed by atoms with E-state index >= 15 is 0 Å². The lowest BCUT2D eigenvalue weighted by molar-refractivity contribution is 0.194. The number of hydrogen-bond donors (Lipinski definition) is 1. The first kappa shape index (κ1) is 12.6. The summed E-state index contributed by atoms with van der Waals surface area (Å²) in [5, 5.41) is 0. The van der Waals surface area contributed by atoms with E-state index in [0.29, 0.717) is 5.92 Å². The van der Waals surface area contributed by atoms with E-state index in [1.165, 1.54) is 32.1 Å². The van der Waals surface area contributed by atoms with Gasteiger partial charge in [0.1, 0.15) is 0 Å². The fourth-order valence-corrected chi connectivity index (χ4v) is 3.22. The molecule has 1 aromatic rings. The van der Waals surface area contributed by atoms with Gasteiger partial charge in [0, 0.05) is 24.4 Å². The number of pyridine rings is 1. The van der Waals surface area contributed by atoms with Crippen molar-refractivity contribution in [2.45, 2.75) is 51.5 Å². The summed E-state index contributed by atoms with van der Waals surface area (Å²) in [5.41, 5.74) is 7.55. The summed E-state index contributed by atoms with van der Waals surface area (Å²) < 4.78 is 0. The molecule has 1 aromatic heterocycles. The summed E-state index contributed by atoms with van der Waals surface area (Å²) in [6.07, 6.45) is 9.51. The number of aromatic nitrogens is 1. The van der Waals surface area contributed by atoms with Crippen molar-refractivity contribution >= 4 is 0 Å². The van der Waals surface area contributed by atoms with Crippen LogP contribution in [0.2, 0.25) is 0 Å². The second kappa shape index (κ2) is 6.15. The maximum atomic E-state index is 6.41. The standard InChI is InChI=1S/C15H24N2/c1-2-12-7-3-4-9-14(12)15(16)11-13-8-5-6-10-17-13/h5-6,8,10,12,14-15H,2-4,7,9,11,16H2,1H3. The van der Waals surface area contributed by atoms with Crippen LogP contribution >= 0.6 is 0 Å². The Kier molecular flexibility index (Phi) is 4.55. The first-order valence-corrected chi connectivity index (χ1v) is 6.96. The van der Waals surface area contributed by atoms with Crippen LogP contribution in [0, 0.1) is 11.8 Å². The Balaban J connectivity index is 1.96. The molecule has 0 aromatic carbocycles. The Bertz CT molecular complexity index is 323. The molecule has 2 N–H and O–H groups in total. The van der Waals surface area contributed by atoms with E-state index in [-0.39, 0.29) is 6.04 Å². The van der Waals surface area contributed by atoms with E-state index in [9.17, 15) is 0 Å². The summed E-state index contributed by atoms with van der Waals surface area (Å²) in [6.45, 7) is 2.30. The van der Waals surface area contributed by atoms with Gasteiger partial charge in [-0.3, -0.25) is 4.98 Å². The molecule has 0 saturated heterocycles. The third kappa shape index (κ3) is 3.29. The Morgan fingerprint density at radius 1 is 1.35 bits per heavy atom. The molecule has 2 rings (SSSR count). The zero-order valence-electron chi connectivity index (χ0n) is 10.8. The Morgan fingerprint density at radius 3 is 2.88 bits per heavy atom. The van der Waals surface area contributed by atoms with Crippen molar-refractivity contribution in [1.82, 2.24) is 4.98 Å². The van der Waals surface area contributed by atoms with Crippen LogP contribution in [0.15, 0.2) is 24.4 Å². The van der Waals surface area contributed by atoms with Gasteiger partial charge in [-0.1, -0.05) is 38.7 Å². The quantitative estimate of drug-likeness (QED) is 0.866. The number of nitrogens with zero attached hydrogens (tertiary/aromatic N) is 1. The van der Waals surface area contributed by atoms with Crippen LogP contribution < -0.4 is 5.73 Å². The lowest BCUT2D eigenvalue weighted by atomic mass is 9.73. The number of nitrogens with two attached hydrogens (primary N) is 1. The Hall–Kier alpha value is -0.890. The molecular weight excluding hydrogens is 208 g/mol. The van der Waals surface area contributed by atoms with E-state index in [4.69, 9.17) is 5.73 Å². The van der Waals surface area contributed by atoms with Gasteiger partial charge in [-0.15, -0.1) is 0 Å². The van der Waals surface area contributed by atoms with Crippen LogP contribution in [0.1, 0.15) is 44.7 Å². The lowest BCUT2D eigenvalue weighted by Crippen LogP contribution is -2.38. The first-order chi connectivity index (χ1) is 8.31. The van der Waals surface area contributed by atoms with Gasteiger partial charge in [-0.05, 0) is 30.4 Å². The maximum absolute atomic E-state index is 6.41. The van der Waals surface area contributed by atoms with E-state index in [1.807, 2.05) is 18.3 Å². The molecule has 3 atom stereocenters. The molecule has 1 saturated carbocycles. The predicted octanol–water partition coefficient (Wildman–Crippen LogP) is 3.17. The second-order valence-electron chi connectivity index (χ2n) is 5.31. The summed E-state index contributed by atoms with van der Waals surface area (Å²) in [7, 11) is 0. The van der Waals surface area contributed by atoms with Crippen LogP contribution in [0.3, 0.4) is 0 Å². The smallest absolute Gasteiger partial charge is 0.0419 e. The zero-order valence-corrected chi connectivity index (χ0v) is 10.8. The largest absolute Gasteiger partial charge is 0.327 e. The van der Waals surface area contributed by atoms with E-state index < -0.39 is 0 Å². The van der Waals surface area contributed by atoms with Gasteiger partial charge < -0.3 is 5.73 Å². The highest BCUT2D eigenvalue weighted by Gasteiger charge is 2.28. The molecule has 2 nitrogen and oxygen atoms in total. The molecule has 0 bridgehead atoms. The SMILES string of the molecule is CCC1CCCCC1C(N)Cc1ccccn1. The van der Waals surface area contributed by atoms with Crippen LogP contribution in [-0.4, -0.2) is 11.0 Å².